The Morgan fingerprint density at radius 2 is 0.727 bits per heavy atom. The van der Waals surface area contributed by atoms with Crippen LogP contribution < -0.4 is 4.90 Å². The Morgan fingerprint density at radius 3 is 1.35 bits per heavy atom. The van der Waals surface area contributed by atoms with E-state index in [1.54, 1.807) is 0 Å². The molecule has 55 heavy (non-hydrogen) atoms. The lowest BCUT2D eigenvalue weighted by Gasteiger charge is -2.27. The average Bonchev–Trinajstić information content (AvgIpc) is 3.82. The molecule has 0 amide bonds. The van der Waals surface area contributed by atoms with E-state index in [4.69, 9.17) is 0 Å². The SMILES string of the molecule is c1ccc(N(c2ccc(-c3cc(-c4ccc5sc6ccccc6c5c4)cc(-c4ccc5sc6ccccc6c5c4)c3)cc2)c2cccc3ccccc23)cc1. The molecule has 0 saturated carbocycles. The summed E-state index contributed by atoms with van der Waals surface area (Å²) in [5.41, 5.74) is 10.7. The van der Waals surface area contributed by atoms with Crippen LogP contribution in [0.5, 0.6) is 0 Å². The molecule has 0 bridgehead atoms. The predicted octanol–water partition coefficient (Wildman–Crippen LogP) is 16.0. The number of anilines is 3. The maximum atomic E-state index is 2.39. The summed E-state index contributed by atoms with van der Waals surface area (Å²) in [6, 6.07) is 73.6. The van der Waals surface area contributed by atoms with Crippen LogP contribution in [0.15, 0.2) is 200 Å². The van der Waals surface area contributed by atoms with E-state index >= 15 is 0 Å². The third kappa shape index (κ3) is 5.60. The molecule has 0 saturated heterocycles. The first-order valence-corrected chi connectivity index (χ1v) is 20.3. The molecule has 0 N–H and O–H groups in total. The van der Waals surface area contributed by atoms with Crippen LogP contribution in [0.25, 0.3) is 84.5 Å². The van der Waals surface area contributed by atoms with Gasteiger partial charge in [-0.25, -0.2) is 0 Å². The van der Waals surface area contributed by atoms with E-state index < -0.39 is 0 Å². The topological polar surface area (TPSA) is 3.24 Å². The van der Waals surface area contributed by atoms with Crippen molar-refractivity contribution in [1.29, 1.82) is 0 Å². The Kier molecular flexibility index (Phi) is 7.61. The minimum absolute atomic E-state index is 1.12. The molecule has 1 nitrogen and oxygen atoms in total. The number of fused-ring (bicyclic) bond motifs is 7. The van der Waals surface area contributed by atoms with E-state index in [0.717, 1.165) is 17.1 Å². The van der Waals surface area contributed by atoms with Crippen LogP contribution in [-0.2, 0) is 0 Å². The second-order valence-corrected chi connectivity index (χ2v) is 16.3. The van der Waals surface area contributed by atoms with Gasteiger partial charge in [0.15, 0.2) is 0 Å². The third-order valence-corrected chi connectivity index (χ3v) is 13.1. The molecule has 0 spiro atoms. The molecule has 2 heterocycles. The zero-order valence-corrected chi connectivity index (χ0v) is 31.4. The molecular weight excluding hydrogens is 703 g/mol. The van der Waals surface area contributed by atoms with Gasteiger partial charge in [-0.05, 0) is 124 Å². The number of hydrogen-bond donors (Lipinski definition) is 0. The van der Waals surface area contributed by atoms with Crippen molar-refractivity contribution in [3.8, 4) is 33.4 Å². The molecule has 0 aliphatic carbocycles. The van der Waals surface area contributed by atoms with Gasteiger partial charge in [-0.2, -0.15) is 0 Å². The molecule has 0 fully saturated rings. The van der Waals surface area contributed by atoms with Crippen LogP contribution in [0.2, 0.25) is 0 Å². The lowest BCUT2D eigenvalue weighted by molar-refractivity contribution is 1.30. The predicted molar refractivity (Wildman–Crippen MR) is 241 cm³/mol. The van der Waals surface area contributed by atoms with Crippen LogP contribution in [0, 0.1) is 0 Å². The van der Waals surface area contributed by atoms with Crippen LogP contribution in [0.4, 0.5) is 17.1 Å². The molecule has 3 heteroatoms. The van der Waals surface area contributed by atoms with Crippen LogP contribution >= 0.6 is 22.7 Å². The minimum atomic E-state index is 1.12. The molecule has 11 rings (SSSR count). The molecule has 0 aliphatic rings. The van der Waals surface area contributed by atoms with Crippen molar-refractivity contribution in [3.63, 3.8) is 0 Å². The summed E-state index contributed by atoms with van der Waals surface area (Å²) >= 11 is 3.73. The quantitative estimate of drug-likeness (QED) is 0.164. The van der Waals surface area contributed by atoms with Gasteiger partial charge in [0.05, 0.1) is 5.69 Å². The number of benzene rings is 9. The smallest absolute Gasteiger partial charge is 0.0540 e. The largest absolute Gasteiger partial charge is 0.310 e. The fraction of sp³-hybridized carbons (Fsp3) is 0. The molecule has 9 aromatic carbocycles. The number of hydrogen-bond acceptors (Lipinski definition) is 3. The van der Waals surface area contributed by atoms with E-state index in [1.165, 1.54) is 84.5 Å². The maximum Gasteiger partial charge on any atom is 0.0540 e. The zero-order valence-electron chi connectivity index (χ0n) is 29.8. The zero-order chi connectivity index (χ0) is 36.3. The maximum absolute atomic E-state index is 2.39. The van der Waals surface area contributed by atoms with Crippen molar-refractivity contribution in [1.82, 2.24) is 0 Å². The fourth-order valence-electron chi connectivity index (χ4n) is 8.15. The van der Waals surface area contributed by atoms with Gasteiger partial charge in [0, 0.05) is 57.1 Å². The normalized spacial score (nSPS) is 11.6. The van der Waals surface area contributed by atoms with Crippen molar-refractivity contribution in [2.45, 2.75) is 0 Å². The first kappa shape index (κ1) is 32.0. The van der Waals surface area contributed by atoms with Crippen LogP contribution in [0.1, 0.15) is 0 Å². The number of rotatable bonds is 6. The van der Waals surface area contributed by atoms with Crippen LogP contribution in [0.3, 0.4) is 0 Å². The Morgan fingerprint density at radius 1 is 0.273 bits per heavy atom. The van der Waals surface area contributed by atoms with Gasteiger partial charge in [-0.3, -0.25) is 0 Å². The van der Waals surface area contributed by atoms with Gasteiger partial charge in [-0.15, -0.1) is 22.7 Å². The number of para-hydroxylation sites is 1. The fourth-order valence-corrected chi connectivity index (χ4v) is 10.3. The minimum Gasteiger partial charge on any atom is -0.310 e. The molecular formula is C52H33NS2. The Balaban J connectivity index is 1.07. The van der Waals surface area contributed by atoms with E-state index in [0.29, 0.717) is 0 Å². The Bertz CT molecular complexity index is 3070. The van der Waals surface area contributed by atoms with Gasteiger partial charge in [0.1, 0.15) is 0 Å². The van der Waals surface area contributed by atoms with Gasteiger partial charge in [0.2, 0.25) is 0 Å². The van der Waals surface area contributed by atoms with E-state index in [1.807, 2.05) is 22.7 Å². The second-order valence-electron chi connectivity index (χ2n) is 14.1. The molecule has 2 aromatic heterocycles. The molecule has 0 atom stereocenters. The molecule has 258 valence electrons. The van der Waals surface area contributed by atoms with Crippen molar-refractivity contribution in [2.24, 2.45) is 0 Å². The summed E-state index contributed by atoms with van der Waals surface area (Å²) in [5.74, 6) is 0. The summed E-state index contributed by atoms with van der Waals surface area (Å²) < 4.78 is 5.30. The summed E-state index contributed by atoms with van der Waals surface area (Å²) in [6.45, 7) is 0. The van der Waals surface area contributed by atoms with Crippen LogP contribution in [-0.4, -0.2) is 0 Å². The van der Waals surface area contributed by atoms with Crippen molar-refractivity contribution in [3.05, 3.63) is 200 Å². The summed E-state index contributed by atoms with van der Waals surface area (Å²) in [4.78, 5) is 2.37. The third-order valence-electron chi connectivity index (χ3n) is 10.8. The highest BCUT2D eigenvalue weighted by Gasteiger charge is 2.17. The summed E-state index contributed by atoms with van der Waals surface area (Å²) in [5, 5.41) is 7.72. The summed E-state index contributed by atoms with van der Waals surface area (Å²) in [6.07, 6.45) is 0. The number of thiophene rings is 2. The first-order chi connectivity index (χ1) is 27.2. The lowest BCUT2D eigenvalue weighted by Crippen LogP contribution is -2.10. The Labute approximate surface area is 327 Å². The highest BCUT2D eigenvalue weighted by atomic mass is 32.1. The summed E-state index contributed by atoms with van der Waals surface area (Å²) in [7, 11) is 0. The second kappa shape index (κ2) is 13.1. The monoisotopic (exact) mass is 735 g/mol. The van der Waals surface area contributed by atoms with E-state index in [-0.39, 0.29) is 0 Å². The van der Waals surface area contributed by atoms with Crippen molar-refractivity contribution < 1.29 is 0 Å². The number of nitrogens with zero attached hydrogens (tertiary/aromatic N) is 1. The Hall–Kier alpha value is -6.52. The molecule has 0 unspecified atom stereocenters. The van der Waals surface area contributed by atoms with Gasteiger partial charge >= 0.3 is 0 Å². The van der Waals surface area contributed by atoms with Gasteiger partial charge in [0.25, 0.3) is 0 Å². The van der Waals surface area contributed by atoms with Crippen molar-refractivity contribution in [2.75, 3.05) is 4.90 Å². The van der Waals surface area contributed by atoms with E-state index in [2.05, 4.69) is 205 Å². The molecule has 0 aliphatic heterocycles. The van der Waals surface area contributed by atoms with Crippen molar-refractivity contribution >= 4 is 90.9 Å². The lowest BCUT2D eigenvalue weighted by atomic mass is 9.92. The molecule has 0 radical (unpaired) electrons. The molecule has 11 aromatic rings. The van der Waals surface area contributed by atoms with Gasteiger partial charge < -0.3 is 4.90 Å². The first-order valence-electron chi connectivity index (χ1n) is 18.7. The highest BCUT2D eigenvalue weighted by molar-refractivity contribution is 7.26. The highest BCUT2D eigenvalue weighted by Crippen LogP contribution is 2.43. The average molecular weight is 736 g/mol. The van der Waals surface area contributed by atoms with Gasteiger partial charge in [-0.1, -0.05) is 115 Å². The van der Waals surface area contributed by atoms with E-state index in [9.17, 15) is 0 Å². The standard InChI is InChI=1S/C52H33NS2/c1-2-13-41(14-3-1)53(48-18-10-12-35-11-4-5-15-43(35)48)42-25-21-34(22-26-42)38-29-39(36-23-27-51-46(32-36)44-16-6-8-19-49(44)54-51)31-40(30-38)37-24-28-52-47(33-37)45-17-7-9-20-50(45)55-52/h1-33H.